The fourth-order valence-electron chi connectivity index (χ4n) is 3.68. The van der Waals surface area contributed by atoms with Crippen molar-refractivity contribution in [3.63, 3.8) is 0 Å². The summed E-state index contributed by atoms with van der Waals surface area (Å²) in [6.45, 7) is 8.35. The zero-order chi connectivity index (χ0) is 27.7. The number of esters is 1. The van der Waals surface area contributed by atoms with Crippen LogP contribution < -0.4 is 10.6 Å². The molecule has 0 aliphatic heterocycles. The van der Waals surface area contributed by atoms with Gasteiger partial charge in [0.05, 0.1) is 35.1 Å². The maximum atomic E-state index is 13.0. The standard InChI is InChI=1S/C27H30ClN5O4S/c1-5-14-33-24(22(15-17(2)3)30-25(35)20-8-6-7-9-21(20)28)31-32-27(33)38-16-23(34)29-19-12-10-18(11-13-19)26(36)37-4/h5-13,17,22H,1,14-16H2,2-4H3,(H,29,34)(H,30,35)/t22-/m0/s1. The Morgan fingerprint density at radius 1 is 1.13 bits per heavy atom. The van der Waals surface area contributed by atoms with Gasteiger partial charge in [-0.2, -0.15) is 0 Å². The average molecular weight is 556 g/mol. The van der Waals surface area contributed by atoms with E-state index in [9.17, 15) is 14.4 Å². The van der Waals surface area contributed by atoms with Gasteiger partial charge in [0.1, 0.15) is 0 Å². The van der Waals surface area contributed by atoms with E-state index in [1.54, 1.807) is 54.6 Å². The van der Waals surface area contributed by atoms with E-state index in [-0.39, 0.29) is 23.5 Å². The molecule has 0 aliphatic carbocycles. The summed E-state index contributed by atoms with van der Waals surface area (Å²) in [4.78, 5) is 37.2. The van der Waals surface area contributed by atoms with Crippen molar-refractivity contribution in [3.05, 3.63) is 83.2 Å². The number of ether oxygens (including phenoxy) is 1. The average Bonchev–Trinajstić information content (AvgIpc) is 3.29. The maximum absolute atomic E-state index is 13.0. The van der Waals surface area contributed by atoms with Crippen LogP contribution in [-0.2, 0) is 16.1 Å². The second-order valence-corrected chi connectivity index (χ2v) is 10.1. The first-order valence-electron chi connectivity index (χ1n) is 11.9. The maximum Gasteiger partial charge on any atom is 0.337 e. The lowest BCUT2D eigenvalue weighted by Crippen LogP contribution is -2.32. The number of allylic oxidation sites excluding steroid dienone is 1. The molecule has 0 unspecified atom stereocenters. The van der Waals surface area contributed by atoms with E-state index in [0.717, 1.165) is 0 Å². The molecule has 0 saturated carbocycles. The largest absolute Gasteiger partial charge is 0.465 e. The predicted octanol–water partition coefficient (Wildman–Crippen LogP) is 5.15. The van der Waals surface area contributed by atoms with Crippen molar-refractivity contribution in [1.29, 1.82) is 0 Å². The van der Waals surface area contributed by atoms with E-state index in [0.29, 0.717) is 45.8 Å². The van der Waals surface area contributed by atoms with Crippen LogP contribution in [0.3, 0.4) is 0 Å². The molecule has 0 aliphatic rings. The third-order valence-corrected chi connectivity index (χ3v) is 6.72. The van der Waals surface area contributed by atoms with Crippen molar-refractivity contribution in [2.75, 3.05) is 18.2 Å². The van der Waals surface area contributed by atoms with Crippen molar-refractivity contribution in [3.8, 4) is 0 Å². The van der Waals surface area contributed by atoms with Crippen LogP contribution in [0.2, 0.25) is 5.02 Å². The highest BCUT2D eigenvalue weighted by molar-refractivity contribution is 7.99. The highest BCUT2D eigenvalue weighted by Crippen LogP contribution is 2.26. The van der Waals surface area contributed by atoms with Crippen LogP contribution in [0.5, 0.6) is 0 Å². The summed E-state index contributed by atoms with van der Waals surface area (Å²) in [5, 5.41) is 15.4. The Bertz CT molecular complexity index is 1290. The summed E-state index contributed by atoms with van der Waals surface area (Å²) in [6.07, 6.45) is 2.33. The minimum Gasteiger partial charge on any atom is -0.465 e. The SMILES string of the molecule is C=CCn1c(SCC(=O)Nc2ccc(C(=O)OC)cc2)nnc1[C@H](CC(C)C)NC(=O)c1ccccc1Cl. The van der Waals surface area contributed by atoms with E-state index < -0.39 is 12.0 Å². The highest BCUT2D eigenvalue weighted by Gasteiger charge is 2.25. The number of anilines is 1. The van der Waals surface area contributed by atoms with Gasteiger partial charge in [-0.1, -0.05) is 55.4 Å². The summed E-state index contributed by atoms with van der Waals surface area (Å²) in [5.74, 6) is -0.0974. The number of methoxy groups -OCH3 is 1. The number of amides is 2. The number of aromatic nitrogens is 3. The summed E-state index contributed by atoms with van der Waals surface area (Å²) in [7, 11) is 1.31. The Hall–Kier alpha value is -3.63. The van der Waals surface area contributed by atoms with Crippen LogP contribution >= 0.6 is 23.4 Å². The van der Waals surface area contributed by atoms with Crippen molar-refractivity contribution in [2.45, 2.75) is 38.0 Å². The van der Waals surface area contributed by atoms with E-state index in [1.165, 1.54) is 18.9 Å². The molecule has 2 amide bonds. The molecule has 3 aromatic rings. The number of nitrogens with zero attached hydrogens (tertiary/aromatic N) is 3. The molecule has 9 nitrogen and oxygen atoms in total. The number of rotatable bonds is 12. The van der Waals surface area contributed by atoms with Crippen LogP contribution in [0.1, 0.15) is 52.9 Å². The third-order valence-electron chi connectivity index (χ3n) is 5.42. The summed E-state index contributed by atoms with van der Waals surface area (Å²) < 4.78 is 6.53. The molecule has 200 valence electrons. The van der Waals surface area contributed by atoms with Crippen molar-refractivity contribution in [1.82, 2.24) is 20.1 Å². The molecule has 0 fully saturated rings. The van der Waals surface area contributed by atoms with Gasteiger partial charge < -0.3 is 19.9 Å². The minimum absolute atomic E-state index is 0.0782. The molecule has 3 rings (SSSR count). The quantitative estimate of drug-likeness (QED) is 0.180. The monoisotopic (exact) mass is 555 g/mol. The number of carbonyl (C=O) groups excluding carboxylic acids is 3. The van der Waals surface area contributed by atoms with E-state index >= 15 is 0 Å². The van der Waals surface area contributed by atoms with Crippen molar-refractivity contribution >= 4 is 46.8 Å². The first kappa shape index (κ1) is 28.9. The Morgan fingerprint density at radius 2 is 1.84 bits per heavy atom. The number of hydrogen-bond acceptors (Lipinski definition) is 7. The van der Waals surface area contributed by atoms with Crippen LogP contribution in [0, 0.1) is 5.92 Å². The lowest BCUT2D eigenvalue weighted by Gasteiger charge is -2.21. The molecule has 0 bridgehead atoms. The Morgan fingerprint density at radius 3 is 2.47 bits per heavy atom. The second-order valence-electron chi connectivity index (χ2n) is 8.78. The normalized spacial score (nSPS) is 11.6. The van der Waals surface area contributed by atoms with Gasteiger partial charge in [0.25, 0.3) is 5.91 Å². The first-order valence-corrected chi connectivity index (χ1v) is 13.3. The van der Waals surface area contributed by atoms with Gasteiger partial charge in [-0.05, 0) is 48.7 Å². The topological polar surface area (TPSA) is 115 Å². The Balaban J connectivity index is 1.73. The molecular weight excluding hydrogens is 526 g/mol. The Kier molecular flexibility index (Phi) is 10.5. The molecule has 2 N–H and O–H groups in total. The number of carbonyl (C=O) groups is 3. The molecule has 38 heavy (non-hydrogen) atoms. The fraction of sp³-hybridized carbons (Fsp3) is 0.296. The fourth-order valence-corrected chi connectivity index (χ4v) is 4.66. The smallest absolute Gasteiger partial charge is 0.337 e. The predicted molar refractivity (Wildman–Crippen MR) is 148 cm³/mol. The van der Waals surface area contributed by atoms with Crippen LogP contribution in [-0.4, -0.2) is 45.4 Å². The molecule has 0 saturated heterocycles. The van der Waals surface area contributed by atoms with Gasteiger partial charge in [0.15, 0.2) is 11.0 Å². The summed E-state index contributed by atoms with van der Waals surface area (Å²) in [5.41, 5.74) is 1.32. The third kappa shape index (κ3) is 7.69. The summed E-state index contributed by atoms with van der Waals surface area (Å²) >= 11 is 7.45. The van der Waals surface area contributed by atoms with Gasteiger partial charge in [0.2, 0.25) is 5.91 Å². The number of nitrogens with one attached hydrogen (secondary N) is 2. The molecule has 1 atom stereocenters. The van der Waals surface area contributed by atoms with E-state index in [2.05, 4.69) is 46.0 Å². The lowest BCUT2D eigenvalue weighted by atomic mass is 10.0. The minimum atomic E-state index is -0.449. The number of halogens is 1. The van der Waals surface area contributed by atoms with E-state index in [4.69, 9.17) is 11.6 Å². The second kappa shape index (κ2) is 13.8. The molecule has 1 aromatic heterocycles. The van der Waals surface area contributed by atoms with E-state index in [1.807, 2.05) is 4.57 Å². The van der Waals surface area contributed by atoms with Gasteiger partial charge in [0, 0.05) is 12.2 Å². The van der Waals surface area contributed by atoms with Gasteiger partial charge in [-0.25, -0.2) is 4.79 Å². The molecule has 0 spiro atoms. The number of benzene rings is 2. The zero-order valence-corrected chi connectivity index (χ0v) is 23.0. The lowest BCUT2D eigenvalue weighted by molar-refractivity contribution is -0.113. The van der Waals surface area contributed by atoms with Crippen LogP contribution in [0.15, 0.2) is 66.3 Å². The van der Waals surface area contributed by atoms with Crippen molar-refractivity contribution < 1.29 is 19.1 Å². The van der Waals surface area contributed by atoms with Crippen LogP contribution in [0.25, 0.3) is 0 Å². The molecule has 11 heteroatoms. The molecule has 1 heterocycles. The van der Waals surface area contributed by atoms with Crippen molar-refractivity contribution in [2.24, 2.45) is 5.92 Å². The summed E-state index contributed by atoms with van der Waals surface area (Å²) in [6, 6.07) is 12.8. The molecular formula is C27H30ClN5O4S. The first-order chi connectivity index (χ1) is 18.2. The van der Waals surface area contributed by atoms with Gasteiger partial charge in [-0.3, -0.25) is 9.59 Å². The van der Waals surface area contributed by atoms with Gasteiger partial charge >= 0.3 is 5.97 Å². The number of thioether (sulfide) groups is 1. The number of hydrogen-bond donors (Lipinski definition) is 2. The highest BCUT2D eigenvalue weighted by atomic mass is 35.5. The zero-order valence-electron chi connectivity index (χ0n) is 21.4. The molecule has 0 radical (unpaired) electrons. The molecule has 2 aromatic carbocycles. The van der Waals surface area contributed by atoms with Gasteiger partial charge in [-0.15, -0.1) is 16.8 Å². The van der Waals surface area contributed by atoms with Crippen LogP contribution in [0.4, 0.5) is 5.69 Å². The Labute approximate surface area is 231 Å².